The number of halogens is 2. The number of nitrogens with zero attached hydrogens (tertiary/aromatic N) is 2. The quantitative estimate of drug-likeness (QED) is 0.613. The van der Waals surface area contributed by atoms with Gasteiger partial charge in [-0.15, -0.1) is 0 Å². The Morgan fingerprint density at radius 1 is 1.38 bits per heavy atom. The molecule has 1 fully saturated rings. The smallest absolute Gasteiger partial charge is 0.264 e. The molecule has 2 aliphatic heterocycles. The van der Waals surface area contributed by atoms with E-state index >= 15 is 0 Å². The van der Waals surface area contributed by atoms with Crippen LogP contribution in [0.15, 0.2) is 15.0 Å². The van der Waals surface area contributed by atoms with E-state index in [1.165, 1.54) is 0 Å². The highest BCUT2D eigenvalue weighted by molar-refractivity contribution is 9.11. The van der Waals surface area contributed by atoms with Gasteiger partial charge in [-0.25, -0.2) is 4.98 Å². The number of hydrogen-bond donors (Lipinski definition) is 0. The minimum atomic E-state index is -3.58. The fourth-order valence-electron chi connectivity index (χ4n) is 3.14. The summed E-state index contributed by atoms with van der Waals surface area (Å²) in [4.78, 5) is 4.65. The van der Waals surface area contributed by atoms with Gasteiger partial charge in [0.05, 0.1) is 18.4 Å². The third-order valence-corrected chi connectivity index (χ3v) is 6.61. The minimum Gasteiger partial charge on any atom is -0.363 e. The van der Waals surface area contributed by atoms with Crippen molar-refractivity contribution in [3.8, 4) is 0 Å². The van der Waals surface area contributed by atoms with Crippen molar-refractivity contribution in [1.82, 2.24) is 9.55 Å². The van der Waals surface area contributed by atoms with Crippen molar-refractivity contribution in [1.29, 1.82) is 0 Å². The van der Waals surface area contributed by atoms with E-state index < -0.39 is 28.6 Å². The lowest BCUT2D eigenvalue weighted by Crippen LogP contribution is -2.38. The Bertz CT molecular complexity index is 943. The summed E-state index contributed by atoms with van der Waals surface area (Å²) < 4.78 is 43.4. The third-order valence-electron chi connectivity index (χ3n) is 4.22. The molecule has 130 valence electrons. The van der Waals surface area contributed by atoms with Crippen LogP contribution in [0.1, 0.15) is 17.6 Å². The van der Waals surface area contributed by atoms with Crippen LogP contribution in [-0.2, 0) is 30.4 Å². The van der Waals surface area contributed by atoms with Gasteiger partial charge in [-0.1, -0.05) is 15.9 Å². The number of imidazole rings is 1. The Kier molecular flexibility index (Phi) is 4.05. The van der Waals surface area contributed by atoms with Gasteiger partial charge in [0, 0.05) is 8.95 Å². The van der Waals surface area contributed by atoms with E-state index in [1.807, 2.05) is 17.6 Å². The first kappa shape index (κ1) is 16.9. The lowest BCUT2D eigenvalue weighted by molar-refractivity contribution is -0.0932. The molecule has 3 heterocycles. The normalized spacial score (nSPS) is 26.6. The number of aromatic nitrogens is 2. The molecule has 2 aromatic rings. The number of ether oxygens (including phenoxy) is 2. The predicted octanol–water partition coefficient (Wildman–Crippen LogP) is 2.64. The van der Waals surface area contributed by atoms with Crippen LogP contribution in [0.25, 0.3) is 11.0 Å². The Hall–Kier alpha value is -0.520. The van der Waals surface area contributed by atoms with Crippen LogP contribution in [0.4, 0.5) is 0 Å². The van der Waals surface area contributed by atoms with Crippen LogP contribution < -0.4 is 0 Å². The van der Waals surface area contributed by atoms with E-state index in [-0.39, 0.29) is 13.2 Å². The molecule has 4 rings (SSSR count). The minimum absolute atomic E-state index is 0.149. The third kappa shape index (κ3) is 2.63. The monoisotopic (exact) mass is 480 g/mol. The zero-order valence-electron chi connectivity index (χ0n) is 12.8. The molecule has 24 heavy (non-hydrogen) atoms. The van der Waals surface area contributed by atoms with E-state index in [9.17, 15) is 8.42 Å². The molecular formula is C14H14Br2N2O5S. The van der Waals surface area contributed by atoms with Crippen LogP contribution in [0.2, 0.25) is 0 Å². The zero-order valence-corrected chi connectivity index (χ0v) is 16.8. The molecule has 0 amide bonds. The molecule has 0 bridgehead atoms. The first-order chi connectivity index (χ1) is 11.3. The summed E-state index contributed by atoms with van der Waals surface area (Å²) in [5.74, 6) is 0.740. The van der Waals surface area contributed by atoms with Gasteiger partial charge in [0.25, 0.3) is 10.1 Å². The fourth-order valence-corrected chi connectivity index (χ4v) is 4.95. The highest BCUT2D eigenvalue weighted by Gasteiger charge is 2.46. The highest BCUT2D eigenvalue weighted by Crippen LogP contribution is 2.40. The van der Waals surface area contributed by atoms with Gasteiger partial charge < -0.3 is 9.47 Å². The average molecular weight is 482 g/mol. The Labute approximate surface area is 155 Å². The van der Waals surface area contributed by atoms with E-state index in [0.29, 0.717) is 0 Å². The SMILES string of the molecule is Cc1c(Br)cc2c(nc3n2[C@H]2OC[C@@H](OS(C)(=O)=O)[C@H]2OC3)c1Br. The molecule has 0 radical (unpaired) electrons. The van der Waals surface area contributed by atoms with Crippen LogP contribution in [-0.4, -0.2) is 43.0 Å². The summed E-state index contributed by atoms with van der Waals surface area (Å²) >= 11 is 7.15. The second-order valence-electron chi connectivity index (χ2n) is 5.90. The van der Waals surface area contributed by atoms with Gasteiger partial charge in [-0.05, 0) is 34.5 Å². The molecule has 10 heteroatoms. The summed E-state index contributed by atoms with van der Waals surface area (Å²) in [5, 5.41) is 0. The second-order valence-corrected chi connectivity index (χ2v) is 9.15. The molecule has 3 atom stereocenters. The summed E-state index contributed by atoms with van der Waals surface area (Å²) in [7, 11) is -3.58. The first-order valence-electron chi connectivity index (χ1n) is 7.23. The molecule has 0 unspecified atom stereocenters. The van der Waals surface area contributed by atoms with E-state index in [1.54, 1.807) is 0 Å². The largest absolute Gasteiger partial charge is 0.363 e. The number of hydrogen-bond acceptors (Lipinski definition) is 6. The molecule has 0 aliphatic carbocycles. The standard InChI is InChI=1S/C14H14Br2N2O5S/c1-6-7(15)3-8-12(11(6)16)17-10-5-21-13-9(23-24(2,19)20)4-22-14(13)18(8)10/h3,9,13-14H,4-5H2,1-2H3/t9-,13-,14+/m1/s1. The van der Waals surface area contributed by atoms with Crippen molar-refractivity contribution in [3.63, 3.8) is 0 Å². The van der Waals surface area contributed by atoms with Crippen LogP contribution in [0, 0.1) is 6.92 Å². The molecule has 0 spiro atoms. The molecular weight excluding hydrogens is 468 g/mol. The topological polar surface area (TPSA) is 79.7 Å². The number of fused-ring (bicyclic) bond motifs is 5. The van der Waals surface area contributed by atoms with Crippen LogP contribution in [0.3, 0.4) is 0 Å². The second kappa shape index (κ2) is 5.75. The van der Waals surface area contributed by atoms with Crippen molar-refractivity contribution in [2.75, 3.05) is 12.9 Å². The molecule has 0 N–H and O–H groups in total. The van der Waals surface area contributed by atoms with Crippen molar-refractivity contribution in [2.24, 2.45) is 0 Å². The van der Waals surface area contributed by atoms with E-state index in [4.69, 9.17) is 13.7 Å². The van der Waals surface area contributed by atoms with E-state index in [2.05, 4.69) is 36.8 Å². The molecule has 1 aromatic heterocycles. The Morgan fingerprint density at radius 2 is 2.12 bits per heavy atom. The molecule has 0 saturated carbocycles. The van der Waals surface area contributed by atoms with Crippen molar-refractivity contribution in [3.05, 3.63) is 26.4 Å². The predicted molar refractivity (Wildman–Crippen MR) is 93.2 cm³/mol. The van der Waals surface area contributed by atoms with Gasteiger partial charge in [0.1, 0.15) is 30.2 Å². The first-order valence-corrected chi connectivity index (χ1v) is 10.6. The van der Waals surface area contributed by atoms with Gasteiger partial charge in [0.2, 0.25) is 0 Å². The maximum Gasteiger partial charge on any atom is 0.264 e. The fraction of sp³-hybridized carbons (Fsp3) is 0.500. The van der Waals surface area contributed by atoms with Gasteiger partial charge in [0.15, 0.2) is 6.23 Å². The Balaban J connectivity index is 1.81. The van der Waals surface area contributed by atoms with Gasteiger partial charge >= 0.3 is 0 Å². The summed E-state index contributed by atoms with van der Waals surface area (Å²) in [6.07, 6.45) is -0.596. The van der Waals surface area contributed by atoms with Crippen LogP contribution >= 0.6 is 31.9 Å². The molecule has 7 nitrogen and oxygen atoms in total. The summed E-state index contributed by atoms with van der Waals surface area (Å²) in [6.45, 7) is 2.41. The lowest BCUT2D eigenvalue weighted by atomic mass is 10.2. The maximum atomic E-state index is 11.4. The summed E-state index contributed by atoms with van der Waals surface area (Å²) in [5.41, 5.74) is 2.78. The summed E-state index contributed by atoms with van der Waals surface area (Å²) in [6, 6.07) is 1.99. The highest BCUT2D eigenvalue weighted by atomic mass is 79.9. The number of rotatable bonds is 2. The lowest BCUT2D eigenvalue weighted by Gasteiger charge is -2.29. The maximum absolute atomic E-state index is 11.4. The van der Waals surface area contributed by atoms with Gasteiger partial charge in [-0.3, -0.25) is 8.75 Å². The Morgan fingerprint density at radius 3 is 2.83 bits per heavy atom. The zero-order chi connectivity index (χ0) is 17.2. The average Bonchev–Trinajstić information content (AvgIpc) is 3.05. The molecule has 1 aromatic carbocycles. The van der Waals surface area contributed by atoms with Crippen molar-refractivity contribution < 1.29 is 22.1 Å². The number of benzene rings is 1. The van der Waals surface area contributed by atoms with Crippen molar-refractivity contribution in [2.45, 2.75) is 32.0 Å². The van der Waals surface area contributed by atoms with Crippen LogP contribution in [0.5, 0.6) is 0 Å². The molecule has 1 saturated heterocycles. The van der Waals surface area contributed by atoms with E-state index in [0.717, 1.165) is 37.6 Å². The van der Waals surface area contributed by atoms with Crippen molar-refractivity contribution >= 4 is 53.0 Å². The van der Waals surface area contributed by atoms with Gasteiger partial charge in [-0.2, -0.15) is 8.42 Å². The molecule has 2 aliphatic rings.